The lowest BCUT2D eigenvalue weighted by atomic mass is 9.95. The van der Waals surface area contributed by atoms with E-state index in [1.165, 1.54) is 12.1 Å². The average Bonchev–Trinajstić information content (AvgIpc) is 3.31. The lowest BCUT2D eigenvalue weighted by Gasteiger charge is -2.36. The summed E-state index contributed by atoms with van der Waals surface area (Å²) in [5.74, 6) is 0.320. The van der Waals surface area contributed by atoms with Crippen molar-refractivity contribution < 1.29 is 13.9 Å². The van der Waals surface area contributed by atoms with Crippen molar-refractivity contribution >= 4 is 5.91 Å². The number of halogens is 1. The Morgan fingerprint density at radius 2 is 1.68 bits per heavy atom. The van der Waals surface area contributed by atoms with Crippen molar-refractivity contribution in [2.24, 2.45) is 5.92 Å². The molecule has 5 rings (SSSR count). The summed E-state index contributed by atoms with van der Waals surface area (Å²) in [6.07, 6.45) is 3.80. The quantitative estimate of drug-likeness (QED) is 0.571. The van der Waals surface area contributed by atoms with Crippen molar-refractivity contribution in [1.82, 2.24) is 19.6 Å². The molecule has 0 unspecified atom stereocenters. The zero-order chi connectivity index (χ0) is 23.5. The van der Waals surface area contributed by atoms with Crippen LogP contribution in [0.25, 0.3) is 16.9 Å². The highest BCUT2D eigenvalue weighted by Crippen LogP contribution is 2.28. The van der Waals surface area contributed by atoms with Crippen LogP contribution < -0.4 is 0 Å². The minimum atomic E-state index is -0.300. The molecule has 2 aromatic carbocycles. The molecule has 1 amide bonds. The summed E-state index contributed by atoms with van der Waals surface area (Å²) in [6, 6.07) is 14.2. The number of amides is 1. The maximum atomic E-state index is 13.6. The number of ether oxygens (including phenoxy) is 1. The van der Waals surface area contributed by atoms with Crippen LogP contribution in [0.1, 0.15) is 28.8 Å². The summed E-state index contributed by atoms with van der Waals surface area (Å²) in [5, 5.41) is 4.75. The third-order valence-electron chi connectivity index (χ3n) is 6.88. The third kappa shape index (κ3) is 5.05. The summed E-state index contributed by atoms with van der Waals surface area (Å²) in [5.41, 5.74) is 4.01. The Balaban J connectivity index is 1.35. The molecule has 0 aliphatic carbocycles. The molecule has 34 heavy (non-hydrogen) atoms. The van der Waals surface area contributed by atoms with Crippen LogP contribution in [0.2, 0.25) is 0 Å². The van der Waals surface area contributed by atoms with Gasteiger partial charge in [0.1, 0.15) is 11.5 Å². The summed E-state index contributed by atoms with van der Waals surface area (Å²) in [7, 11) is 0. The van der Waals surface area contributed by atoms with Gasteiger partial charge in [0.15, 0.2) is 0 Å². The number of carbonyl (C=O) groups is 1. The number of benzene rings is 2. The number of aryl methyl sites for hydroxylation is 1. The minimum Gasteiger partial charge on any atom is -0.379 e. The van der Waals surface area contributed by atoms with Gasteiger partial charge in [0, 0.05) is 44.5 Å². The van der Waals surface area contributed by atoms with Gasteiger partial charge in [0.05, 0.1) is 24.5 Å². The molecule has 6 nitrogen and oxygen atoms in total. The highest BCUT2D eigenvalue weighted by Gasteiger charge is 2.28. The first kappa shape index (κ1) is 22.7. The van der Waals surface area contributed by atoms with E-state index in [2.05, 4.69) is 4.90 Å². The molecular weight excluding hydrogens is 431 g/mol. The number of aromatic nitrogens is 2. The van der Waals surface area contributed by atoms with Crippen LogP contribution in [0.3, 0.4) is 0 Å². The van der Waals surface area contributed by atoms with Gasteiger partial charge in [-0.3, -0.25) is 9.69 Å². The molecule has 2 aliphatic rings. The van der Waals surface area contributed by atoms with Crippen molar-refractivity contribution in [2.45, 2.75) is 19.8 Å². The standard InChI is InChI=1S/C27H31FN4O2/c1-20-2-4-22(5-3-20)26-25(19-32(29-26)24-8-6-23(28)7-9-24)27(33)31-12-10-21(11-13-31)18-30-14-16-34-17-15-30/h2-9,19,21H,10-18H2,1H3. The molecule has 0 saturated carbocycles. The number of likely N-dealkylation sites (tertiary alicyclic amines) is 1. The van der Waals surface area contributed by atoms with E-state index in [1.54, 1.807) is 23.0 Å². The Labute approximate surface area is 199 Å². The predicted octanol–water partition coefficient (Wildman–Crippen LogP) is 4.17. The van der Waals surface area contributed by atoms with E-state index in [9.17, 15) is 9.18 Å². The van der Waals surface area contributed by atoms with Crippen LogP contribution in [0.15, 0.2) is 54.7 Å². The second-order valence-electron chi connectivity index (χ2n) is 9.33. The summed E-state index contributed by atoms with van der Waals surface area (Å²) >= 11 is 0. The molecule has 0 bridgehead atoms. The fourth-order valence-corrected chi connectivity index (χ4v) is 4.82. The summed E-state index contributed by atoms with van der Waals surface area (Å²) in [6.45, 7) is 8.26. The molecule has 7 heteroatoms. The number of carbonyl (C=O) groups excluding carboxylic acids is 1. The van der Waals surface area contributed by atoms with Crippen molar-refractivity contribution in [3.05, 3.63) is 71.7 Å². The predicted molar refractivity (Wildman–Crippen MR) is 130 cm³/mol. The van der Waals surface area contributed by atoms with Gasteiger partial charge in [-0.05, 0) is 49.9 Å². The van der Waals surface area contributed by atoms with E-state index in [0.717, 1.165) is 75.6 Å². The molecule has 2 aliphatic heterocycles. The second kappa shape index (κ2) is 10.1. The highest BCUT2D eigenvalue weighted by atomic mass is 19.1. The number of rotatable bonds is 5. The first-order valence-corrected chi connectivity index (χ1v) is 12.1. The summed E-state index contributed by atoms with van der Waals surface area (Å²) < 4.78 is 20.6. The van der Waals surface area contributed by atoms with Crippen LogP contribution in [0.5, 0.6) is 0 Å². The van der Waals surface area contributed by atoms with Gasteiger partial charge in [-0.1, -0.05) is 29.8 Å². The molecule has 0 N–H and O–H groups in total. The largest absolute Gasteiger partial charge is 0.379 e. The molecule has 0 spiro atoms. The van der Waals surface area contributed by atoms with E-state index >= 15 is 0 Å². The van der Waals surface area contributed by atoms with E-state index < -0.39 is 0 Å². The van der Waals surface area contributed by atoms with Gasteiger partial charge in [0.25, 0.3) is 5.91 Å². The molecular formula is C27H31FN4O2. The average molecular weight is 463 g/mol. The van der Waals surface area contributed by atoms with Crippen LogP contribution in [-0.4, -0.2) is 71.4 Å². The van der Waals surface area contributed by atoms with Crippen LogP contribution >= 0.6 is 0 Å². The number of nitrogens with zero attached hydrogens (tertiary/aromatic N) is 4. The van der Waals surface area contributed by atoms with E-state index in [-0.39, 0.29) is 11.7 Å². The highest BCUT2D eigenvalue weighted by molar-refractivity contribution is 6.00. The van der Waals surface area contributed by atoms with Gasteiger partial charge in [-0.2, -0.15) is 5.10 Å². The van der Waals surface area contributed by atoms with Crippen LogP contribution in [0, 0.1) is 18.7 Å². The topological polar surface area (TPSA) is 50.6 Å². The number of piperidine rings is 1. The molecule has 3 heterocycles. The molecule has 0 atom stereocenters. The number of hydrogen-bond acceptors (Lipinski definition) is 4. The fourth-order valence-electron chi connectivity index (χ4n) is 4.82. The second-order valence-corrected chi connectivity index (χ2v) is 9.33. The van der Waals surface area contributed by atoms with E-state index in [4.69, 9.17) is 9.84 Å². The molecule has 3 aromatic rings. The van der Waals surface area contributed by atoms with Crippen molar-refractivity contribution in [3.8, 4) is 16.9 Å². The molecule has 2 saturated heterocycles. The van der Waals surface area contributed by atoms with E-state index in [0.29, 0.717) is 17.2 Å². The normalized spacial score (nSPS) is 17.8. The molecule has 2 fully saturated rings. The zero-order valence-electron chi connectivity index (χ0n) is 19.6. The van der Waals surface area contributed by atoms with Crippen molar-refractivity contribution in [1.29, 1.82) is 0 Å². The molecule has 1 aromatic heterocycles. The lowest BCUT2D eigenvalue weighted by molar-refractivity contribution is 0.0243. The molecule has 178 valence electrons. The third-order valence-corrected chi connectivity index (χ3v) is 6.88. The lowest BCUT2D eigenvalue weighted by Crippen LogP contribution is -2.44. The van der Waals surface area contributed by atoms with Crippen molar-refractivity contribution in [3.63, 3.8) is 0 Å². The minimum absolute atomic E-state index is 0.00811. The Kier molecular flexibility index (Phi) is 6.74. The Hall–Kier alpha value is -3.03. The van der Waals surface area contributed by atoms with Crippen molar-refractivity contribution in [2.75, 3.05) is 45.9 Å². The zero-order valence-corrected chi connectivity index (χ0v) is 19.6. The Morgan fingerprint density at radius 3 is 2.35 bits per heavy atom. The smallest absolute Gasteiger partial charge is 0.257 e. The first-order valence-electron chi connectivity index (χ1n) is 12.1. The number of morpholine rings is 1. The maximum absolute atomic E-state index is 13.6. The van der Waals surface area contributed by atoms with Gasteiger partial charge >= 0.3 is 0 Å². The van der Waals surface area contributed by atoms with Crippen LogP contribution in [-0.2, 0) is 4.74 Å². The monoisotopic (exact) mass is 462 g/mol. The first-order chi connectivity index (χ1) is 16.6. The maximum Gasteiger partial charge on any atom is 0.257 e. The SMILES string of the molecule is Cc1ccc(-c2nn(-c3ccc(F)cc3)cc2C(=O)N2CCC(CN3CCOCC3)CC2)cc1. The number of hydrogen-bond donors (Lipinski definition) is 0. The van der Waals surface area contributed by atoms with Gasteiger partial charge in [-0.15, -0.1) is 0 Å². The summed E-state index contributed by atoms with van der Waals surface area (Å²) in [4.78, 5) is 18.1. The van der Waals surface area contributed by atoms with Gasteiger partial charge in [0.2, 0.25) is 0 Å². The van der Waals surface area contributed by atoms with Crippen LogP contribution in [0.4, 0.5) is 4.39 Å². The molecule has 0 radical (unpaired) electrons. The van der Waals surface area contributed by atoms with E-state index in [1.807, 2.05) is 36.1 Å². The Morgan fingerprint density at radius 1 is 1.00 bits per heavy atom. The van der Waals surface area contributed by atoms with Gasteiger partial charge < -0.3 is 9.64 Å². The van der Waals surface area contributed by atoms with Gasteiger partial charge in [-0.25, -0.2) is 9.07 Å². The fraction of sp³-hybridized carbons (Fsp3) is 0.407. The Bertz CT molecular complexity index is 1110.